The molecule has 2 heterocycles. The Kier molecular flexibility index (Phi) is 6.24. The number of carbonyl (C=O) groups excluding carboxylic acids is 2. The number of hydrogen-bond acceptors (Lipinski definition) is 6. The molecule has 2 N–H and O–H groups in total. The number of hydrogen-bond donors (Lipinski definition) is 2. The number of thiocarbonyl (C=S) groups is 1. The van der Waals surface area contributed by atoms with Crippen molar-refractivity contribution in [3.05, 3.63) is 24.0 Å². The fourth-order valence-corrected chi connectivity index (χ4v) is 3.11. The van der Waals surface area contributed by atoms with E-state index in [0.717, 1.165) is 0 Å². The molecule has 2 aliphatic rings. The molecule has 2 aliphatic heterocycles. The van der Waals surface area contributed by atoms with Gasteiger partial charge in [0.2, 0.25) is 6.41 Å². The lowest BCUT2D eigenvalue weighted by molar-refractivity contribution is -0.118. The summed E-state index contributed by atoms with van der Waals surface area (Å²) in [6, 6.07) is 4.51. The molecule has 1 atom stereocenters. The van der Waals surface area contributed by atoms with Crippen LogP contribution in [0.25, 0.3) is 0 Å². The van der Waals surface area contributed by atoms with Gasteiger partial charge in [-0.05, 0) is 37.3 Å². The number of halogens is 1. The molecule has 0 radical (unpaired) electrons. The third kappa shape index (κ3) is 4.47. The van der Waals surface area contributed by atoms with Crippen LogP contribution in [0.1, 0.15) is 6.92 Å². The monoisotopic (exact) mass is 408 g/mol. The first-order chi connectivity index (χ1) is 13.5. The number of cyclic esters (lactones) is 1. The fraction of sp³-hybridized carbons (Fsp3) is 0.412. The number of anilines is 2. The SMILES string of the molecule is CCNC(=S)NC[C@H]1CN(c2ccc(N3C=NN(C=O)CC3)c(F)c2)C(=O)O1. The largest absolute Gasteiger partial charge is 0.442 e. The summed E-state index contributed by atoms with van der Waals surface area (Å²) < 4.78 is 19.9. The van der Waals surface area contributed by atoms with Crippen molar-refractivity contribution >= 4 is 47.5 Å². The summed E-state index contributed by atoms with van der Waals surface area (Å²) >= 11 is 5.09. The Morgan fingerprint density at radius 3 is 2.89 bits per heavy atom. The average Bonchev–Trinajstić information content (AvgIpc) is 3.07. The zero-order valence-electron chi connectivity index (χ0n) is 15.3. The molecular formula is C17H21FN6O3S. The number of ether oxygens (including phenoxy) is 1. The summed E-state index contributed by atoms with van der Waals surface area (Å²) in [4.78, 5) is 25.8. The third-order valence-corrected chi connectivity index (χ3v) is 4.57. The molecule has 2 amide bonds. The highest BCUT2D eigenvalue weighted by Crippen LogP contribution is 2.28. The quantitative estimate of drug-likeness (QED) is 0.533. The van der Waals surface area contributed by atoms with Crippen molar-refractivity contribution < 1.29 is 18.7 Å². The first-order valence-electron chi connectivity index (χ1n) is 8.84. The smallest absolute Gasteiger partial charge is 0.414 e. The maximum atomic E-state index is 14.6. The molecule has 0 aromatic heterocycles. The number of benzene rings is 1. The standard InChI is InChI=1S/C17H21FN6O3S/c1-2-19-16(28)20-8-13-9-24(17(26)27-13)12-3-4-15(14(18)7-12)22-5-6-23(11-25)21-10-22/h3-4,7,10-11,13H,2,5-6,8-9H2,1H3,(H2,19,20,28)/t13-/m0/s1. The Morgan fingerprint density at radius 2 is 2.25 bits per heavy atom. The van der Waals surface area contributed by atoms with Crippen molar-refractivity contribution in [3.8, 4) is 0 Å². The number of amides is 2. The second-order valence-corrected chi connectivity index (χ2v) is 6.59. The van der Waals surface area contributed by atoms with Gasteiger partial charge in [-0.15, -0.1) is 0 Å². The Morgan fingerprint density at radius 1 is 1.43 bits per heavy atom. The van der Waals surface area contributed by atoms with Crippen LogP contribution in [0.4, 0.5) is 20.6 Å². The van der Waals surface area contributed by atoms with Gasteiger partial charge in [0.15, 0.2) is 5.11 Å². The zero-order chi connectivity index (χ0) is 20.1. The zero-order valence-corrected chi connectivity index (χ0v) is 16.1. The predicted octanol–water partition coefficient (Wildman–Crippen LogP) is 0.857. The van der Waals surface area contributed by atoms with Gasteiger partial charge in [-0.25, -0.2) is 14.2 Å². The topological polar surface area (TPSA) is 89.5 Å². The van der Waals surface area contributed by atoms with Gasteiger partial charge in [0.05, 0.1) is 31.0 Å². The molecule has 11 heteroatoms. The van der Waals surface area contributed by atoms with E-state index in [-0.39, 0.29) is 0 Å². The van der Waals surface area contributed by atoms with Crippen molar-refractivity contribution in [2.24, 2.45) is 5.10 Å². The van der Waals surface area contributed by atoms with Gasteiger partial charge in [-0.2, -0.15) is 5.10 Å². The van der Waals surface area contributed by atoms with Crippen molar-refractivity contribution in [3.63, 3.8) is 0 Å². The second kappa shape index (κ2) is 8.83. The summed E-state index contributed by atoms with van der Waals surface area (Å²) in [5.74, 6) is -0.494. The van der Waals surface area contributed by atoms with Crippen LogP contribution in [0.15, 0.2) is 23.3 Å². The maximum Gasteiger partial charge on any atom is 0.414 e. The van der Waals surface area contributed by atoms with Crippen LogP contribution in [-0.4, -0.2) is 67.8 Å². The fourth-order valence-electron chi connectivity index (χ4n) is 2.88. The Labute approximate surface area is 167 Å². The molecule has 9 nitrogen and oxygen atoms in total. The van der Waals surface area contributed by atoms with Gasteiger partial charge >= 0.3 is 6.09 Å². The second-order valence-electron chi connectivity index (χ2n) is 6.19. The number of carbonyl (C=O) groups is 2. The average molecular weight is 408 g/mol. The molecule has 3 rings (SSSR count). The van der Waals surface area contributed by atoms with Crippen LogP contribution in [0, 0.1) is 5.82 Å². The molecule has 0 aliphatic carbocycles. The van der Waals surface area contributed by atoms with Gasteiger partial charge in [0.1, 0.15) is 18.3 Å². The third-order valence-electron chi connectivity index (χ3n) is 4.29. The first-order valence-corrected chi connectivity index (χ1v) is 9.24. The highest BCUT2D eigenvalue weighted by atomic mass is 32.1. The molecule has 28 heavy (non-hydrogen) atoms. The number of rotatable bonds is 6. The lowest BCUT2D eigenvalue weighted by atomic mass is 10.2. The molecule has 1 aromatic carbocycles. The van der Waals surface area contributed by atoms with Crippen molar-refractivity contribution in [1.29, 1.82) is 0 Å². The van der Waals surface area contributed by atoms with Crippen LogP contribution >= 0.6 is 12.2 Å². The molecule has 150 valence electrons. The minimum absolute atomic E-state index is 0.291. The summed E-state index contributed by atoms with van der Waals surface area (Å²) in [7, 11) is 0. The van der Waals surface area contributed by atoms with Crippen LogP contribution < -0.4 is 20.4 Å². The van der Waals surface area contributed by atoms with Gasteiger partial charge in [0.25, 0.3) is 0 Å². The molecular weight excluding hydrogens is 387 g/mol. The van der Waals surface area contributed by atoms with Crippen LogP contribution in [0.5, 0.6) is 0 Å². The van der Waals surface area contributed by atoms with Crippen molar-refractivity contribution in [1.82, 2.24) is 15.6 Å². The van der Waals surface area contributed by atoms with E-state index in [2.05, 4.69) is 15.7 Å². The minimum atomic E-state index is -0.533. The van der Waals surface area contributed by atoms with E-state index < -0.39 is 18.0 Å². The lowest BCUT2D eigenvalue weighted by Gasteiger charge is -2.27. The van der Waals surface area contributed by atoms with Crippen molar-refractivity contribution in [2.75, 3.05) is 42.5 Å². The molecule has 0 bridgehead atoms. The highest BCUT2D eigenvalue weighted by molar-refractivity contribution is 7.80. The lowest BCUT2D eigenvalue weighted by Crippen LogP contribution is -2.40. The Bertz CT molecular complexity index is 792. The number of nitrogens with zero attached hydrogens (tertiary/aromatic N) is 4. The predicted molar refractivity (Wildman–Crippen MR) is 107 cm³/mol. The van der Waals surface area contributed by atoms with Crippen molar-refractivity contribution in [2.45, 2.75) is 13.0 Å². The minimum Gasteiger partial charge on any atom is -0.442 e. The first kappa shape index (κ1) is 19.8. The van der Waals surface area contributed by atoms with E-state index in [0.29, 0.717) is 55.6 Å². The van der Waals surface area contributed by atoms with Crippen LogP contribution in [0.2, 0.25) is 0 Å². The highest BCUT2D eigenvalue weighted by Gasteiger charge is 2.33. The number of nitrogens with one attached hydrogen (secondary N) is 2. The van der Waals surface area contributed by atoms with E-state index in [1.807, 2.05) is 6.92 Å². The molecule has 0 spiro atoms. The Balaban J connectivity index is 1.64. The van der Waals surface area contributed by atoms with Gasteiger partial charge in [0, 0.05) is 13.1 Å². The maximum absolute atomic E-state index is 14.6. The molecule has 0 unspecified atom stereocenters. The van der Waals surface area contributed by atoms with E-state index >= 15 is 0 Å². The summed E-state index contributed by atoms with van der Waals surface area (Å²) in [5, 5.41) is 11.6. The molecule has 1 fully saturated rings. The number of hydrazone groups is 1. The normalized spacial score (nSPS) is 18.9. The Hall–Kier alpha value is -2.95. The van der Waals surface area contributed by atoms with E-state index in [1.165, 1.54) is 22.3 Å². The summed E-state index contributed by atoms with van der Waals surface area (Å²) in [5.41, 5.74) is 0.728. The van der Waals surface area contributed by atoms with Crippen LogP contribution in [-0.2, 0) is 9.53 Å². The molecule has 0 saturated carbocycles. The van der Waals surface area contributed by atoms with E-state index in [9.17, 15) is 14.0 Å². The van der Waals surface area contributed by atoms with Gasteiger partial charge in [-0.3, -0.25) is 9.69 Å². The van der Waals surface area contributed by atoms with Crippen LogP contribution in [0.3, 0.4) is 0 Å². The van der Waals surface area contributed by atoms with Gasteiger partial charge < -0.3 is 20.3 Å². The molecule has 1 aromatic rings. The van der Waals surface area contributed by atoms with E-state index in [4.69, 9.17) is 17.0 Å². The summed E-state index contributed by atoms with van der Waals surface area (Å²) in [6.07, 6.45) is 1.09. The van der Waals surface area contributed by atoms with E-state index in [1.54, 1.807) is 17.0 Å². The van der Waals surface area contributed by atoms with Gasteiger partial charge in [-0.1, -0.05) is 0 Å². The molecule has 1 saturated heterocycles. The summed E-state index contributed by atoms with van der Waals surface area (Å²) in [6.45, 7) is 4.07.